The van der Waals surface area contributed by atoms with Gasteiger partial charge in [-0.05, 0) is 12.1 Å². The van der Waals surface area contributed by atoms with Gasteiger partial charge in [0.05, 0.1) is 30.1 Å². The van der Waals surface area contributed by atoms with Gasteiger partial charge in [-0.15, -0.1) is 0 Å². The standard InChI is InChI=1S/C20H21FN6O3/c1-2-18-25-20(26-30-18)13-9-22-12-23-19(13)16-10-27(7-8-29-16)11-17(28)24-15-6-4-3-5-14(15)21/h3-6,9,12,16H,2,7-8,10-11H2,1H3,(H,24,28)/t16-/m0/s1. The summed E-state index contributed by atoms with van der Waals surface area (Å²) >= 11 is 0. The highest BCUT2D eigenvalue weighted by atomic mass is 19.1. The van der Waals surface area contributed by atoms with E-state index in [4.69, 9.17) is 9.26 Å². The van der Waals surface area contributed by atoms with E-state index in [0.29, 0.717) is 49.1 Å². The summed E-state index contributed by atoms with van der Waals surface area (Å²) < 4.78 is 24.9. The number of carbonyl (C=O) groups excluding carboxylic acids is 1. The highest BCUT2D eigenvalue weighted by Crippen LogP contribution is 2.28. The van der Waals surface area contributed by atoms with Gasteiger partial charge in [-0.1, -0.05) is 24.2 Å². The lowest BCUT2D eigenvalue weighted by molar-refractivity contribution is -0.119. The van der Waals surface area contributed by atoms with E-state index in [0.717, 1.165) is 0 Å². The molecule has 1 atom stereocenters. The van der Waals surface area contributed by atoms with Crippen LogP contribution in [0.5, 0.6) is 0 Å². The third-order valence-corrected chi connectivity index (χ3v) is 4.73. The fourth-order valence-electron chi connectivity index (χ4n) is 3.24. The van der Waals surface area contributed by atoms with Gasteiger partial charge in [-0.25, -0.2) is 14.4 Å². The van der Waals surface area contributed by atoms with Crippen LogP contribution in [0, 0.1) is 5.82 Å². The van der Waals surface area contributed by atoms with Crippen LogP contribution in [0.2, 0.25) is 0 Å². The molecule has 1 saturated heterocycles. The third-order valence-electron chi connectivity index (χ3n) is 4.73. The smallest absolute Gasteiger partial charge is 0.238 e. The van der Waals surface area contributed by atoms with E-state index in [-0.39, 0.29) is 24.2 Å². The molecule has 1 aliphatic heterocycles. The van der Waals surface area contributed by atoms with Crippen molar-refractivity contribution in [3.8, 4) is 11.4 Å². The number of para-hydroxylation sites is 1. The quantitative estimate of drug-likeness (QED) is 0.657. The molecule has 4 rings (SSSR count). The lowest BCUT2D eigenvalue weighted by atomic mass is 10.1. The Hall–Kier alpha value is -3.24. The van der Waals surface area contributed by atoms with Gasteiger partial charge in [-0.2, -0.15) is 4.98 Å². The number of ether oxygens (including phenoxy) is 1. The van der Waals surface area contributed by atoms with E-state index in [2.05, 4.69) is 25.4 Å². The number of aryl methyl sites for hydroxylation is 1. The topological polar surface area (TPSA) is 106 Å². The number of carbonyl (C=O) groups is 1. The molecule has 0 radical (unpaired) electrons. The first kappa shape index (κ1) is 20.0. The minimum absolute atomic E-state index is 0.108. The molecule has 1 N–H and O–H groups in total. The van der Waals surface area contributed by atoms with Crippen molar-refractivity contribution in [3.05, 3.63) is 54.2 Å². The number of nitrogens with one attached hydrogen (secondary N) is 1. The van der Waals surface area contributed by atoms with Crippen molar-refractivity contribution >= 4 is 11.6 Å². The van der Waals surface area contributed by atoms with E-state index in [1.165, 1.54) is 18.5 Å². The molecule has 0 unspecified atom stereocenters. The number of hydrogen-bond acceptors (Lipinski definition) is 8. The number of aromatic nitrogens is 4. The Kier molecular flexibility index (Phi) is 6.05. The monoisotopic (exact) mass is 412 g/mol. The Morgan fingerprint density at radius 2 is 2.23 bits per heavy atom. The van der Waals surface area contributed by atoms with Gasteiger partial charge >= 0.3 is 0 Å². The van der Waals surface area contributed by atoms with Crippen molar-refractivity contribution in [2.75, 3.05) is 31.6 Å². The molecule has 3 heterocycles. The zero-order valence-electron chi connectivity index (χ0n) is 16.4. The summed E-state index contributed by atoms with van der Waals surface area (Å²) in [6.45, 7) is 3.47. The second-order valence-corrected chi connectivity index (χ2v) is 6.81. The summed E-state index contributed by atoms with van der Waals surface area (Å²) in [5.74, 6) is 0.161. The number of amides is 1. The Labute approximate surface area is 172 Å². The van der Waals surface area contributed by atoms with Crippen LogP contribution in [0.4, 0.5) is 10.1 Å². The predicted molar refractivity (Wildman–Crippen MR) is 105 cm³/mol. The molecule has 156 valence electrons. The van der Waals surface area contributed by atoms with Gasteiger partial charge in [0.25, 0.3) is 0 Å². The second-order valence-electron chi connectivity index (χ2n) is 6.81. The highest BCUT2D eigenvalue weighted by Gasteiger charge is 2.28. The SMILES string of the molecule is CCc1nc(-c2cncnc2[C@@H]2CN(CC(=O)Nc3ccccc3F)CCO2)no1. The molecule has 9 nitrogen and oxygen atoms in total. The van der Waals surface area contributed by atoms with Crippen molar-refractivity contribution in [2.24, 2.45) is 0 Å². The van der Waals surface area contributed by atoms with Gasteiger partial charge in [0.1, 0.15) is 18.2 Å². The maximum atomic E-state index is 13.8. The Morgan fingerprint density at radius 3 is 3.03 bits per heavy atom. The first-order valence-electron chi connectivity index (χ1n) is 9.65. The number of hydrogen-bond donors (Lipinski definition) is 1. The summed E-state index contributed by atoms with van der Waals surface area (Å²) in [6, 6.07) is 6.07. The molecule has 1 aromatic carbocycles. The highest BCUT2D eigenvalue weighted by molar-refractivity contribution is 5.92. The Bertz CT molecular complexity index is 1030. The van der Waals surface area contributed by atoms with Crippen LogP contribution in [-0.2, 0) is 16.0 Å². The first-order chi connectivity index (χ1) is 14.6. The zero-order valence-corrected chi connectivity index (χ0v) is 16.4. The van der Waals surface area contributed by atoms with Crippen molar-refractivity contribution < 1.29 is 18.4 Å². The number of morpholine rings is 1. The van der Waals surface area contributed by atoms with Gasteiger partial charge in [0.15, 0.2) is 0 Å². The van der Waals surface area contributed by atoms with Crippen LogP contribution in [0.25, 0.3) is 11.4 Å². The number of nitrogens with zero attached hydrogens (tertiary/aromatic N) is 5. The molecule has 0 spiro atoms. The number of benzene rings is 1. The minimum Gasteiger partial charge on any atom is -0.369 e. The van der Waals surface area contributed by atoms with Crippen molar-refractivity contribution in [2.45, 2.75) is 19.4 Å². The predicted octanol–water partition coefficient (Wildman–Crippen LogP) is 2.24. The molecule has 1 fully saturated rings. The molecule has 3 aromatic rings. The second kappa shape index (κ2) is 9.06. The molecule has 1 amide bonds. The summed E-state index contributed by atoms with van der Waals surface area (Å²) in [5.41, 5.74) is 1.42. The average Bonchev–Trinajstić information content (AvgIpc) is 3.25. The maximum absolute atomic E-state index is 13.8. The van der Waals surface area contributed by atoms with Crippen LogP contribution in [0.3, 0.4) is 0 Å². The molecule has 30 heavy (non-hydrogen) atoms. The van der Waals surface area contributed by atoms with Gasteiger partial charge in [0, 0.05) is 25.7 Å². The van der Waals surface area contributed by atoms with E-state index in [1.54, 1.807) is 18.3 Å². The van der Waals surface area contributed by atoms with Crippen molar-refractivity contribution in [1.82, 2.24) is 25.0 Å². The fraction of sp³-hybridized carbons (Fsp3) is 0.350. The van der Waals surface area contributed by atoms with Gasteiger partial charge < -0.3 is 14.6 Å². The van der Waals surface area contributed by atoms with E-state index in [1.807, 2.05) is 11.8 Å². The lowest BCUT2D eigenvalue weighted by Gasteiger charge is -2.32. The van der Waals surface area contributed by atoms with E-state index in [9.17, 15) is 9.18 Å². The molecular weight excluding hydrogens is 391 g/mol. The summed E-state index contributed by atoms with van der Waals surface area (Å²) in [7, 11) is 0. The average molecular weight is 412 g/mol. The largest absolute Gasteiger partial charge is 0.369 e. The van der Waals surface area contributed by atoms with E-state index >= 15 is 0 Å². The minimum atomic E-state index is -0.470. The Balaban J connectivity index is 1.45. The maximum Gasteiger partial charge on any atom is 0.238 e. The summed E-state index contributed by atoms with van der Waals surface area (Å²) in [4.78, 5) is 27.1. The van der Waals surface area contributed by atoms with Crippen LogP contribution >= 0.6 is 0 Å². The summed E-state index contributed by atoms with van der Waals surface area (Å²) in [6.07, 6.45) is 3.30. The van der Waals surface area contributed by atoms with Crippen LogP contribution < -0.4 is 5.32 Å². The number of anilines is 1. The molecular formula is C20H21FN6O3. The van der Waals surface area contributed by atoms with Gasteiger partial charge in [-0.3, -0.25) is 9.69 Å². The van der Waals surface area contributed by atoms with Crippen molar-refractivity contribution in [3.63, 3.8) is 0 Å². The third kappa shape index (κ3) is 4.50. The van der Waals surface area contributed by atoms with Crippen molar-refractivity contribution in [1.29, 1.82) is 0 Å². The molecule has 2 aromatic heterocycles. The van der Waals surface area contributed by atoms with E-state index < -0.39 is 5.82 Å². The molecule has 0 saturated carbocycles. The number of halogens is 1. The zero-order chi connectivity index (χ0) is 20.9. The molecule has 0 aliphatic carbocycles. The fourth-order valence-corrected chi connectivity index (χ4v) is 3.24. The normalized spacial score (nSPS) is 17.1. The first-order valence-corrected chi connectivity index (χ1v) is 9.65. The van der Waals surface area contributed by atoms with Crippen LogP contribution in [0.1, 0.15) is 24.6 Å². The summed E-state index contributed by atoms with van der Waals surface area (Å²) in [5, 5.41) is 6.60. The van der Waals surface area contributed by atoms with Gasteiger partial charge in [0.2, 0.25) is 17.6 Å². The van der Waals surface area contributed by atoms with Crippen LogP contribution in [0.15, 0.2) is 41.3 Å². The molecule has 1 aliphatic rings. The molecule has 0 bridgehead atoms. The molecule has 10 heteroatoms. The van der Waals surface area contributed by atoms with Crippen LogP contribution in [-0.4, -0.2) is 57.2 Å². The Morgan fingerprint density at radius 1 is 1.37 bits per heavy atom. The lowest BCUT2D eigenvalue weighted by Crippen LogP contribution is -2.43. The number of rotatable bonds is 6.